The molecule has 5 heteroatoms. The molecular formula is C8H8ClN3O. The lowest BCUT2D eigenvalue weighted by atomic mass is 10.4. The molecule has 0 spiro atoms. The van der Waals surface area contributed by atoms with Gasteiger partial charge in [0.15, 0.2) is 0 Å². The van der Waals surface area contributed by atoms with E-state index in [2.05, 4.69) is 10.3 Å². The van der Waals surface area contributed by atoms with Crippen molar-refractivity contribution in [3.05, 3.63) is 23.4 Å². The molecular weight excluding hydrogens is 190 g/mol. The van der Waals surface area contributed by atoms with Crippen LogP contribution in [0.4, 0.5) is 10.6 Å². The van der Waals surface area contributed by atoms with Crippen LogP contribution in [0.25, 0.3) is 0 Å². The second-order valence-electron chi connectivity index (χ2n) is 2.72. The van der Waals surface area contributed by atoms with Crippen LogP contribution in [0.1, 0.15) is 0 Å². The predicted molar refractivity (Wildman–Crippen MR) is 50.0 cm³/mol. The monoisotopic (exact) mass is 197 g/mol. The van der Waals surface area contributed by atoms with E-state index in [0.717, 1.165) is 0 Å². The fourth-order valence-corrected chi connectivity index (χ4v) is 1.33. The Bertz CT molecular complexity index is 325. The Labute approximate surface area is 80.5 Å². The van der Waals surface area contributed by atoms with Crippen molar-refractivity contribution < 1.29 is 4.79 Å². The lowest BCUT2D eigenvalue weighted by Gasteiger charge is -2.11. The van der Waals surface area contributed by atoms with Gasteiger partial charge in [0.25, 0.3) is 0 Å². The molecule has 4 nitrogen and oxygen atoms in total. The Hall–Kier alpha value is -1.29. The number of hydrogen-bond donors (Lipinski definition) is 1. The zero-order valence-electron chi connectivity index (χ0n) is 6.83. The molecule has 1 aromatic heterocycles. The summed E-state index contributed by atoms with van der Waals surface area (Å²) in [5.74, 6) is 0.638. The maximum absolute atomic E-state index is 11.2. The third kappa shape index (κ3) is 1.58. The highest BCUT2D eigenvalue weighted by molar-refractivity contribution is 6.30. The first kappa shape index (κ1) is 8.31. The average Bonchev–Trinajstić information content (AvgIpc) is 2.53. The number of nitrogens with one attached hydrogen (secondary N) is 1. The molecule has 1 saturated heterocycles. The SMILES string of the molecule is O=C1NCCN1c1ccc(Cl)cn1. The summed E-state index contributed by atoms with van der Waals surface area (Å²) in [6.45, 7) is 1.33. The van der Waals surface area contributed by atoms with Crippen LogP contribution in [-0.2, 0) is 0 Å². The van der Waals surface area contributed by atoms with E-state index >= 15 is 0 Å². The average molecular weight is 198 g/mol. The number of carbonyl (C=O) groups is 1. The fourth-order valence-electron chi connectivity index (χ4n) is 1.22. The van der Waals surface area contributed by atoms with Gasteiger partial charge in [-0.25, -0.2) is 9.78 Å². The third-order valence-electron chi connectivity index (χ3n) is 1.85. The Morgan fingerprint density at radius 1 is 1.54 bits per heavy atom. The number of rotatable bonds is 1. The summed E-state index contributed by atoms with van der Waals surface area (Å²) in [7, 11) is 0. The van der Waals surface area contributed by atoms with Gasteiger partial charge in [0, 0.05) is 19.3 Å². The van der Waals surface area contributed by atoms with E-state index in [1.54, 1.807) is 17.0 Å². The van der Waals surface area contributed by atoms with Gasteiger partial charge >= 0.3 is 6.03 Å². The van der Waals surface area contributed by atoms with E-state index in [0.29, 0.717) is 23.9 Å². The molecule has 1 aliphatic rings. The molecule has 0 atom stereocenters. The number of urea groups is 1. The predicted octanol–water partition coefficient (Wildman–Crippen LogP) is 1.26. The molecule has 2 rings (SSSR count). The quantitative estimate of drug-likeness (QED) is 0.737. The molecule has 0 saturated carbocycles. The summed E-state index contributed by atoms with van der Waals surface area (Å²) in [6, 6.07) is 3.35. The minimum Gasteiger partial charge on any atom is -0.336 e. The molecule has 1 aliphatic heterocycles. The molecule has 0 aromatic carbocycles. The minimum atomic E-state index is -0.102. The van der Waals surface area contributed by atoms with Crippen LogP contribution < -0.4 is 10.2 Å². The van der Waals surface area contributed by atoms with Crippen molar-refractivity contribution in [2.24, 2.45) is 0 Å². The smallest absolute Gasteiger partial charge is 0.323 e. The third-order valence-corrected chi connectivity index (χ3v) is 2.07. The number of carbonyl (C=O) groups excluding carboxylic acids is 1. The zero-order valence-corrected chi connectivity index (χ0v) is 7.58. The molecule has 1 fully saturated rings. The highest BCUT2D eigenvalue weighted by Gasteiger charge is 2.21. The molecule has 68 valence electrons. The van der Waals surface area contributed by atoms with Crippen molar-refractivity contribution in [2.75, 3.05) is 18.0 Å². The molecule has 0 aliphatic carbocycles. The van der Waals surface area contributed by atoms with Gasteiger partial charge in [-0.15, -0.1) is 0 Å². The molecule has 0 unspecified atom stereocenters. The van der Waals surface area contributed by atoms with Gasteiger partial charge in [-0.2, -0.15) is 0 Å². The first-order valence-electron chi connectivity index (χ1n) is 3.94. The second kappa shape index (κ2) is 3.22. The summed E-state index contributed by atoms with van der Waals surface area (Å²) < 4.78 is 0. The van der Waals surface area contributed by atoms with Crippen LogP contribution in [0.5, 0.6) is 0 Å². The van der Waals surface area contributed by atoms with E-state index in [-0.39, 0.29) is 6.03 Å². The number of pyridine rings is 1. The van der Waals surface area contributed by atoms with Crippen molar-refractivity contribution in [1.82, 2.24) is 10.3 Å². The van der Waals surface area contributed by atoms with Crippen molar-refractivity contribution in [3.63, 3.8) is 0 Å². The largest absolute Gasteiger partial charge is 0.336 e. The van der Waals surface area contributed by atoms with Crippen molar-refractivity contribution in [1.29, 1.82) is 0 Å². The Morgan fingerprint density at radius 2 is 2.38 bits per heavy atom. The van der Waals surface area contributed by atoms with Gasteiger partial charge in [-0.1, -0.05) is 11.6 Å². The zero-order chi connectivity index (χ0) is 9.26. The van der Waals surface area contributed by atoms with E-state index in [1.165, 1.54) is 6.20 Å². The van der Waals surface area contributed by atoms with E-state index in [1.807, 2.05) is 0 Å². The van der Waals surface area contributed by atoms with Gasteiger partial charge in [0.05, 0.1) is 5.02 Å². The van der Waals surface area contributed by atoms with Crippen LogP contribution in [0.15, 0.2) is 18.3 Å². The van der Waals surface area contributed by atoms with E-state index in [9.17, 15) is 4.79 Å². The summed E-state index contributed by atoms with van der Waals surface area (Å²) in [6.07, 6.45) is 1.53. The molecule has 1 N–H and O–H groups in total. The Balaban J connectivity index is 2.25. The Morgan fingerprint density at radius 3 is 2.92 bits per heavy atom. The van der Waals surface area contributed by atoms with Gasteiger partial charge in [-0.05, 0) is 12.1 Å². The van der Waals surface area contributed by atoms with Crippen LogP contribution in [0, 0.1) is 0 Å². The second-order valence-corrected chi connectivity index (χ2v) is 3.15. The van der Waals surface area contributed by atoms with E-state index < -0.39 is 0 Å². The number of nitrogens with zero attached hydrogens (tertiary/aromatic N) is 2. The summed E-state index contributed by atoms with van der Waals surface area (Å²) in [4.78, 5) is 16.8. The van der Waals surface area contributed by atoms with Crippen LogP contribution in [0.3, 0.4) is 0 Å². The van der Waals surface area contributed by atoms with E-state index in [4.69, 9.17) is 11.6 Å². The lowest BCUT2D eigenvalue weighted by molar-refractivity contribution is 0.252. The maximum Gasteiger partial charge on any atom is 0.323 e. The molecule has 2 amide bonds. The first-order chi connectivity index (χ1) is 6.27. The van der Waals surface area contributed by atoms with Crippen molar-refractivity contribution in [3.8, 4) is 0 Å². The normalized spacial score (nSPS) is 16.1. The molecule has 13 heavy (non-hydrogen) atoms. The summed E-state index contributed by atoms with van der Waals surface area (Å²) in [5.41, 5.74) is 0. The minimum absolute atomic E-state index is 0.102. The van der Waals surface area contributed by atoms with Crippen LogP contribution >= 0.6 is 11.6 Å². The summed E-state index contributed by atoms with van der Waals surface area (Å²) >= 11 is 5.67. The first-order valence-corrected chi connectivity index (χ1v) is 4.32. The van der Waals surface area contributed by atoms with Gasteiger partial charge in [0.2, 0.25) is 0 Å². The highest BCUT2D eigenvalue weighted by atomic mass is 35.5. The van der Waals surface area contributed by atoms with Gasteiger partial charge in [-0.3, -0.25) is 4.90 Å². The highest BCUT2D eigenvalue weighted by Crippen LogP contribution is 2.15. The molecule has 1 aromatic rings. The van der Waals surface area contributed by atoms with Gasteiger partial charge < -0.3 is 5.32 Å². The maximum atomic E-state index is 11.2. The molecule has 2 heterocycles. The standard InChI is InChI=1S/C8H8ClN3O/c9-6-1-2-7(11-5-6)12-4-3-10-8(12)13/h1-2,5H,3-4H2,(H,10,13). The Kier molecular flexibility index (Phi) is 2.06. The van der Waals surface area contributed by atoms with Crippen molar-refractivity contribution >= 4 is 23.4 Å². The number of anilines is 1. The topological polar surface area (TPSA) is 45.2 Å². The number of hydrogen-bond acceptors (Lipinski definition) is 2. The number of halogens is 1. The molecule has 0 radical (unpaired) electrons. The molecule has 0 bridgehead atoms. The fraction of sp³-hybridized carbons (Fsp3) is 0.250. The van der Waals surface area contributed by atoms with Crippen LogP contribution in [0.2, 0.25) is 5.02 Å². The number of aromatic nitrogens is 1. The van der Waals surface area contributed by atoms with Gasteiger partial charge in [0.1, 0.15) is 5.82 Å². The number of amides is 2. The van der Waals surface area contributed by atoms with Crippen LogP contribution in [-0.4, -0.2) is 24.1 Å². The lowest BCUT2D eigenvalue weighted by Crippen LogP contribution is -2.28. The van der Waals surface area contributed by atoms with Crippen molar-refractivity contribution in [2.45, 2.75) is 0 Å². The summed E-state index contributed by atoms with van der Waals surface area (Å²) in [5, 5.41) is 3.27.